The van der Waals surface area contributed by atoms with Crippen LogP contribution in [0.15, 0.2) is 17.8 Å². The Morgan fingerprint density at radius 2 is 2.60 bits per heavy atom. The van der Waals surface area contributed by atoms with Gasteiger partial charge in [-0.05, 0) is 6.08 Å². The minimum atomic E-state index is -0.437. The van der Waals surface area contributed by atoms with E-state index >= 15 is 0 Å². The van der Waals surface area contributed by atoms with Gasteiger partial charge in [-0.15, -0.1) is 11.3 Å². The van der Waals surface area contributed by atoms with Crippen molar-refractivity contribution in [3.8, 4) is 0 Å². The van der Waals surface area contributed by atoms with E-state index in [9.17, 15) is 4.79 Å². The number of nitrogens with two attached hydrogens (primary N) is 1. The molecule has 0 atom stereocenters. The number of rotatable bonds is 2. The minimum absolute atomic E-state index is 0.437. The molecule has 52 valence electrons. The van der Waals surface area contributed by atoms with E-state index in [0.29, 0.717) is 0 Å². The van der Waals surface area contributed by atoms with E-state index in [1.165, 1.54) is 17.4 Å². The molecule has 0 spiro atoms. The molecule has 0 aliphatic carbocycles. The third-order valence-electron chi connectivity index (χ3n) is 0.863. The first kappa shape index (κ1) is 6.95. The molecule has 0 unspecified atom stereocenters. The zero-order chi connectivity index (χ0) is 7.40. The highest BCUT2D eigenvalue weighted by atomic mass is 32.1. The van der Waals surface area contributed by atoms with Crippen LogP contribution in [-0.2, 0) is 4.79 Å². The summed E-state index contributed by atoms with van der Waals surface area (Å²) >= 11 is 1.46. The average molecular weight is 154 g/mol. The molecule has 0 fully saturated rings. The molecule has 1 aromatic heterocycles. The molecule has 2 N–H and O–H groups in total. The fourth-order valence-electron chi connectivity index (χ4n) is 0.472. The van der Waals surface area contributed by atoms with Crippen LogP contribution >= 0.6 is 11.3 Å². The number of primary amides is 1. The second-order valence-electron chi connectivity index (χ2n) is 1.64. The van der Waals surface area contributed by atoms with Gasteiger partial charge < -0.3 is 5.73 Å². The summed E-state index contributed by atoms with van der Waals surface area (Å²) in [7, 11) is 0. The summed E-state index contributed by atoms with van der Waals surface area (Å²) in [5, 5.41) is 0. The quantitative estimate of drug-likeness (QED) is 0.635. The Bertz CT molecular complexity index is 240. The van der Waals surface area contributed by atoms with Crippen LogP contribution in [0, 0.1) is 0 Å². The van der Waals surface area contributed by atoms with Gasteiger partial charge in [0.2, 0.25) is 5.91 Å². The van der Waals surface area contributed by atoms with Gasteiger partial charge in [-0.1, -0.05) is 0 Å². The van der Waals surface area contributed by atoms with Crippen LogP contribution < -0.4 is 5.73 Å². The normalized spacial score (nSPS) is 10.4. The van der Waals surface area contributed by atoms with Crippen LogP contribution in [0.1, 0.15) is 4.88 Å². The minimum Gasteiger partial charge on any atom is -0.366 e. The molecule has 10 heavy (non-hydrogen) atoms. The highest BCUT2D eigenvalue weighted by Gasteiger charge is 1.87. The molecule has 3 nitrogen and oxygen atoms in total. The van der Waals surface area contributed by atoms with Gasteiger partial charge in [-0.2, -0.15) is 0 Å². The third-order valence-corrected chi connectivity index (χ3v) is 1.60. The van der Waals surface area contributed by atoms with E-state index in [0.717, 1.165) is 4.88 Å². The summed E-state index contributed by atoms with van der Waals surface area (Å²) in [6.45, 7) is 0. The summed E-state index contributed by atoms with van der Waals surface area (Å²) < 4.78 is 0. The van der Waals surface area contributed by atoms with Crippen LogP contribution in [0.3, 0.4) is 0 Å². The number of hydrogen-bond acceptors (Lipinski definition) is 3. The topological polar surface area (TPSA) is 56.0 Å². The number of amides is 1. The van der Waals surface area contributed by atoms with Crippen molar-refractivity contribution in [3.05, 3.63) is 22.7 Å². The van der Waals surface area contributed by atoms with Crippen LogP contribution in [0.4, 0.5) is 0 Å². The summed E-state index contributed by atoms with van der Waals surface area (Å²) in [4.78, 5) is 15.0. The molecule has 0 aromatic carbocycles. The summed E-state index contributed by atoms with van der Waals surface area (Å²) in [6.07, 6.45) is 4.62. The molecular weight excluding hydrogens is 148 g/mol. The third kappa shape index (κ3) is 1.99. The van der Waals surface area contributed by atoms with Gasteiger partial charge >= 0.3 is 0 Å². The Labute approximate surface area is 62.2 Å². The molecule has 0 bridgehead atoms. The Morgan fingerprint density at radius 1 is 1.80 bits per heavy atom. The van der Waals surface area contributed by atoms with E-state index in [1.807, 2.05) is 0 Å². The van der Waals surface area contributed by atoms with Crippen molar-refractivity contribution in [2.75, 3.05) is 0 Å². The second-order valence-corrected chi connectivity index (χ2v) is 2.56. The summed E-state index contributed by atoms with van der Waals surface area (Å²) in [5.41, 5.74) is 6.56. The first-order valence-electron chi connectivity index (χ1n) is 2.65. The fourth-order valence-corrected chi connectivity index (χ4v) is 0.984. The number of thiazole rings is 1. The first-order valence-corrected chi connectivity index (χ1v) is 3.53. The van der Waals surface area contributed by atoms with Gasteiger partial charge in [-0.3, -0.25) is 9.78 Å². The lowest BCUT2D eigenvalue weighted by molar-refractivity contribution is -0.113. The Kier molecular flexibility index (Phi) is 2.17. The zero-order valence-corrected chi connectivity index (χ0v) is 5.97. The highest BCUT2D eigenvalue weighted by molar-refractivity contribution is 7.10. The maximum atomic E-state index is 10.2. The van der Waals surface area contributed by atoms with Gasteiger partial charge in [0.25, 0.3) is 0 Å². The van der Waals surface area contributed by atoms with Crippen molar-refractivity contribution in [2.24, 2.45) is 5.73 Å². The zero-order valence-electron chi connectivity index (χ0n) is 5.15. The Morgan fingerprint density at radius 3 is 3.10 bits per heavy atom. The molecule has 1 heterocycles. The van der Waals surface area contributed by atoms with Crippen molar-refractivity contribution in [1.82, 2.24) is 4.98 Å². The monoisotopic (exact) mass is 154 g/mol. The van der Waals surface area contributed by atoms with Crippen LogP contribution in [0.25, 0.3) is 6.08 Å². The van der Waals surface area contributed by atoms with Crippen molar-refractivity contribution in [2.45, 2.75) is 0 Å². The predicted molar refractivity (Wildman–Crippen MR) is 40.3 cm³/mol. The molecule has 0 saturated heterocycles. The van der Waals surface area contributed by atoms with Gasteiger partial charge in [0.05, 0.1) is 5.51 Å². The lowest BCUT2D eigenvalue weighted by atomic mass is 10.4. The van der Waals surface area contributed by atoms with Crippen molar-refractivity contribution < 1.29 is 4.79 Å². The molecule has 1 amide bonds. The maximum absolute atomic E-state index is 10.2. The number of carbonyl (C=O) groups excluding carboxylic acids is 1. The number of aromatic nitrogens is 1. The molecule has 0 aliphatic rings. The van der Waals surface area contributed by atoms with Crippen LogP contribution in [-0.4, -0.2) is 10.9 Å². The summed E-state index contributed by atoms with van der Waals surface area (Å²) in [6, 6.07) is 0. The lowest BCUT2D eigenvalue weighted by Crippen LogP contribution is -2.04. The lowest BCUT2D eigenvalue weighted by Gasteiger charge is -1.78. The standard InChI is InChI=1S/C6H6N2OS/c7-6(9)2-1-5-3-8-4-10-5/h1-4H,(H2,7,9). The maximum Gasteiger partial charge on any atom is 0.241 e. The first-order chi connectivity index (χ1) is 4.79. The largest absolute Gasteiger partial charge is 0.366 e. The van der Waals surface area contributed by atoms with Crippen molar-refractivity contribution in [1.29, 1.82) is 0 Å². The summed E-state index contributed by atoms with van der Waals surface area (Å²) in [5.74, 6) is -0.437. The predicted octanol–water partition coefficient (Wildman–Crippen LogP) is 0.642. The van der Waals surface area contributed by atoms with E-state index in [2.05, 4.69) is 4.98 Å². The van der Waals surface area contributed by atoms with Crippen LogP contribution in [0.2, 0.25) is 0 Å². The van der Waals surface area contributed by atoms with Gasteiger partial charge in [0, 0.05) is 17.2 Å². The molecule has 4 heteroatoms. The smallest absolute Gasteiger partial charge is 0.241 e. The van der Waals surface area contributed by atoms with E-state index in [-0.39, 0.29) is 0 Å². The van der Waals surface area contributed by atoms with E-state index < -0.39 is 5.91 Å². The Hall–Kier alpha value is -1.16. The molecule has 0 radical (unpaired) electrons. The molecule has 0 saturated carbocycles. The van der Waals surface area contributed by atoms with E-state index in [1.54, 1.807) is 17.8 Å². The number of hydrogen-bond donors (Lipinski definition) is 1. The van der Waals surface area contributed by atoms with Gasteiger partial charge in [0.15, 0.2) is 0 Å². The van der Waals surface area contributed by atoms with Gasteiger partial charge in [-0.25, -0.2) is 0 Å². The Balaban J connectivity index is 2.64. The van der Waals surface area contributed by atoms with Crippen molar-refractivity contribution in [3.63, 3.8) is 0 Å². The van der Waals surface area contributed by atoms with Gasteiger partial charge in [0.1, 0.15) is 0 Å². The molecule has 1 aromatic rings. The highest BCUT2D eigenvalue weighted by Crippen LogP contribution is 2.06. The SMILES string of the molecule is NC(=O)C=Cc1cncs1. The molecular formula is C6H6N2OS. The molecule has 1 rings (SSSR count). The second kappa shape index (κ2) is 3.12. The van der Waals surface area contributed by atoms with Crippen molar-refractivity contribution >= 4 is 23.3 Å². The van der Waals surface area contributed by atoms with Crippen LogP contribution in [0.5, 0.6) is 0 Å². The molecule has 0 aliphatic heterocycles. The number of nitrogens with zero attached hydrogens (tertiary/aromatic N) is 1. The number of carbonyl (C=O) groups is 1. The van der Waals surface area contributed by atoms with E-state index in [4.69, 9.17) is 5.73 Å². The average Bonchev–Trinajstić information content (AvgIpc) is 2.34. The fraction of sp³-hybridized carbons (Fsp3) is 0.